The van der Waals surface area contributed by atoms with E-state index in [1.165, 1.54) is 0 Å². The SMILES string of the molecule is COc1ccc(CNC(=O)C2CCN(C(=O)N3CCOc4ccccc43)CC2)cc1. The van der Waals surface area contributed by atoms with Crippen molar-refractivity contribution in [3.8, 4) is 11.5 Å². The topological polar surface area (TPSA) is 71.1 Å². The molecule has 7 heteroatoms. The van der Waals surface area contributed by atoms with Gasteiger partial charge in [-0.05, 0) is 42.7 Å². The Morgan fingerprint density at radius 2 is 1.80 bits per heavy atom. The van der Waals surface area contributed by atoms with E-state index in [0.29, 0.717) is 45.6 Å². The van der Waals surface area contributed by atoms with Crippen LogP contribution in [-0.4, -0.2) is 50.2 Å². The fourth-order valence-corrected chi connectivity index (χ4v) is 3.95. The Kier molecular flexibility index (Phi) is 6.07. The highest BCUT2D eigenvalue weighted by Gasteiger charge is 2.32. The van der Waals surface area contributed by atoms with Gasteiger partial charge in [0.05, 0.1) is 19.3 Å². The van der Waals surface area contributed by atoms with Gasteiger partial charge in [0, 0.05) is 25.6 Å². The summed E-state index contributed by atoms with van der Waals surface area (Å²) >= 11 is 0. The van der Waals surface area contributed by atoms with E-state index in [1.54, 1.807) is 12.0 Å². The largest absolute Gasteiger partial charge is 0.497 e. The van der Waals surface area contributed by atoms with E-state index in [4.69, 9.17) is 9.47 Å². The third kappa shape index (κ3) is 4.35. The van der Waals surface area contributed by atoms with E-state index in [1.807, 2.05) is 53.4 Å². The maximum Gasteiger partial charge on any atom is 0.324 e. The number of benzene rings is 2. The highest BCUT2D eigenvalue weighted by atomic mass is 16.5. The van der Waals surface area contributed by atoms with Crippen LogP contribution in [0.2, 0.25) is 0 Å². The molecule has 2 aliphatic heterocycles. The molecule has 158 valence electrons. The van der Waals surface area contributed by atoms with Crippen molar-refractivity contribution in [1.82, 2.24) is 10.2 Å². The maximum atomic E-state index is 13.0. The van der Waals surface area contributed by atoms with Crippen molar-refractivity contribution in [1.29, 1.82) is 0 Å². The highest BCUT2D eigenvalue weighted by Crippen LogP contribution is 2.32. The van der Waals surface area contributed by atoms with Crippen LogP contribution in [0.25, 0.3) is 0 Å². The van der Waals surface area contributed by atoms with E-state index in [2.05, 4.69) is 5.32 Å². The molecule has 0 atom stereocenters. The number of carbonyl (C=O) groups is 2. The van der Waals surface area contributed by atoms with E-state index in [-0.39, 0.29) is 17.9 Å². The molecule has 2 aliphatic rings. The number of likely N-dealkylation sites (tertiary alicyclic amines) is 1. The zero-order valence-corrected chi connectivity index (χ0v) is 17.2. The van der Waals surface area contributed by atoms with E-state index < -0.39 is 0 Å². The predicted octanol–water partition coefficient (Wildman–Crippen LogP) is 3.04. The van der Waals surface area contributed by atoms with Gasteiger partial charge in [-0.1, -0.05) is 24.3 Å². The molecule has 1 saturated heterocycles. The summed E-state index contributed by atoms with van der Waals surface area (Å²) in [5.74, 6) is 1.52. The maximum absolute atomic E-state index is 13.0. The molecule has 0 aromatic heterocycles. The van der Waals surface area contributed by atoms with Crippen LogP contribution in [0.15, 0.2) is 48.5 Å². The molecule has 2 heterocycles. The van der Waals surface area contributed by atoms with Crippen LogP contribution in [0.1, 0.15) is 18.4 Å². The molecular formula is C23H27N3O4. The molecule has 1 fully saturated rings. The molecule has 0 spiro atoms. The predicted molar refractivity (Wildman–Crippen MR) is 114 cm³/mol. The number of para-hydroxylation sites is 2. The number of piperidine rings is 1. The summed E-state index contributed by atoms with van der Waals surface area (Å²) < 4.78 is 10.8. The molecule has 3 amide bonds. The molecule has 0 unspecified atom stereocenters. The van der Waals surface area contributed by atoms with Crippen LogP contribution in [0.3, 0.4) is 0 Å². The summed E-state index contributed by atoms with van der Waals surface area (Å²) in [6, 6.07) is 15.3. The summed E-state index contributed by atoms with van der Waals surface area (Å²) in [7, 11) is 1.63. The number of carbonyl (C=O) groups excluding carboxylic acids is 2. The molecule has 0 saturated carbocycles. The summed E-state index contributed by atoms with van der Waals surface area (Å²) in [4.78, 5) is 29.2. The quantitative estimate of drug-likeness (QED) is 0.843. The third-order valence-electron chi connectivity index (χ3n) is 5.72. The Morgan fingerprint density at radius 3 is 2.53 bits per heavy atom. The first-order valence-electron chi connectivity index (χ1n) is 10.3. The zero-order valence-electron chi connectivity index (χ0n) is 17.2. The van der Waals surface area contributed by atoms with Crippen LogP contribution in [0, 0.1) is 5.92 Å². The Labute approximate surface area is 176 Å². The van der Waals surface area contributed by atoms with Gasteiger partial charge < -0.3 is 19.7 Å². The molecule has 0 radical (unpaired) electrons. The molecule has 0 bridgehead atoms. The van der Waals surface area contributed by atoms with E-state index >= 15 is 0 Å². The van der Waals surface area contributed by atoms with Gasteiger partial charge >= 0.3 is 6.03 Å². The van der Waals surface area contributed by atoms with Crippen molar-refractivity contribution >= 4 is 17.6 Å². The third-order valence-corrected chi connectivity index (χ3v) is 5.72. The summed E-state index contributed by atoms with van der Waals surface area (Å²) in [5.41, 5.74) is 1.84. The van der Waals surface area contributed by atoms with Crippen LogP contribution < -0.4 is 19.7 Å². The Morgan fingerprint density at radius 1 is 1.07 bits per heavy atom. The first-order chi connectivity index (χ1) is 14.7. The second kappa shape index (κ2) is 9.07. The molecule has 0 aliphatic carbocycles. The first kappa shape index (κ1) is 20.1. The first-order valence-corrected chi connectivity index (χ1v) is 10.3. The van der Waals surface area contributed by atoms with Crippen molar-refractivity contribution < 1.29 is 19.1 Å². The van der Waals surface area contributed by atoms with E-state index in [9.17, 15) is 9.59 Å². The number of rotatable bonds is 4. The summed E-state index contributed by atoms with van der Waals surface area (Å²) in [6.45, 7) is 2.69. The van der Waals surface area contributed by atoms with Crippen LogP contribution >= 0.6 is 0 Å². The van der Waals surface area contributed by atoms with Gasteiger partial charge in [-0.3, -0.25) is 9.69 Å². The number of methoxy groups -OCH3 is 1. The number of nitrogens with one attached hydrogen (secondary N) is 1. The van der Waals surface area contributed by atoms with Gasteiger partial charge in [0.2, 0.25) is 5.91 Å². The fraction of sp³-hybridized carbons (Fsp3) is 0.391. The second-order valence-corrected chi connectivity index (χ2v) is 7.58. The van der Waals surface area contributed by atoms with Crippen molar-refractivity contribution in [2.45, 2.75) is 19.4 Å². The minimum atomic E-state index is -0.0655. The van der Waals surface area contributed by atoms with Gasteiger partial charge in [0.1, 0.15) is 18.1 Å². The highest BCUT2D eigenvalue weighted by molar-refractivity contribution is 5.94. The molecule has 4 rings (SSSR count). The number of hydrogen-bond acceptors (Lipinski definition) is 4. The Bertz CT molecular complexity index is 892. The second-order valence-electron chi connectivity index (χ2n) is 7.58. The van der Waals surface area contributed by atoms with Crippen LogP contribution in [0.4, 0.5) is 10.5 Å². The van der Waals surface area contributed by atoms with Crippen LogP contribution in [-0.2, 0) is 11.3 Å². The van der Waals surface area contributed by atoms with Gasteiger partial charge in [-0.25, -0.2) is 4.79 Å². The minimum Gasteiger partial charge on any atom is -0.497 e. The van der Waals surface area contributed by atoms with Gasteiger partial charge in [-0.2, -0.15) is 0 Å². The minimum absolute atomic E-state index is 0.0113. The van der Waals surface area contributed by atoms with Gasteiger partial charge in [0.25, 0.3) is 0 Å². The molecular weight excluding hydrogens is 382 g/mol. The number of hydrogen-bond donors (Lipinski definition) is 1. The lowest BCUT2D eigenvalue weighted by Gasteiger charge is -2.37. The molecule has 2 aromatic carbocycles. The van der Waals surface area contributed by atoms with Crippen LogP contribution in [0.5, 0.6) is 11.5 Å². The Hall–Kier alpha value is -3.22. The van der Waals surface area contributed by atoms with Crippen molar-refractivity contribution in [3.05, 3.63) is 54.1 Å². The standard InChI is InChI=1S/C23H27N3O4/c1-29-19-8-6-17(7-9-19)16-24-22(27)18-10-12-25(13-11-18)23(28)26-14-15-30-21-5-3-2-4-20(21)26/h2-9,18H,10-16H2,1H3,(H,24,27). The van der Waals surface area contributed by atoms with Crippen molar-refractivity contribution in [2.75, 3.05) is 38.3 Å². The number of urea groups is 1. The number of nitrogens with zero attached hydrogens (tertiary/aromatic N) is 2. The number of anilines is 1. The molecule has 1 N–H and O–H groups in total. The normalized spacial score (nSPS) is 16.4. The summed E-state index contributed by atoms with van der Waals surface area (Å²) in [6.07, 6.45) is 1.35. The molecule has 30 heavy (non-hydrogen) atoms. The average Bonchev–Trinajstić information content (AvgIpc) is 2.82. The number of ether oxygens (including phenoxy) is 2. The van der Waals surface area contributed by atoms with Crippen molar-refractivity contribution in [2.24, 2.45) is 5.92 Å². The average molecular weight is 409 g/mol. The lowest BCUT2D eigenvalue weighted by Crippen LogP contribution is -2.50. The molecule has 7 nitrogen and oxygen atoms in total. The van der Waals surface area contributed by atoms with Gasteiger partial charge in [-0.15, -0.1) is 0 Å². The number of fused-ring (bicyclic) bond motifs is 1. The lowest BCUT2D eigenvalue weighted by molar-refractivity contribution is -0.126. The Balaban J connectivity index is 1.28. The zero-order chi connectivity index (χ0) is 20.9. The summed E-state index contributed by atoms with van der Waals surface area (Å²) in [5, 5.41) is 3.02. The monoisotopic (exact) mass is 409 g/mol. The van der Waals surface area contributed by atoms with E-state index in [0.717, 1.165) is 22.7 Å². The van der Waals surface area contributed by atoms with Gasteiger partial charge in [0.15, 0.2) is 0 Å². The number of amides is 3. The molecule has 2 aromatic rings. The fourth-order valence-electron chi connectivity index (χ4n) is 3.95. The lowest BCUT2D eigenvalue weighted by atomic mass is 9.96. The smallest absolute Gasteiger partial charge is 0.324 e. The van der Waals surface area contributed by atoms with Crippen molar-refractivity contribution in [3.63, 3.8) is 0 Å².